The van der Waals surface area contributed by atoms with Crippen LogP contribution in [0.4, 0.5) is 0 Å². The summed E-state index contributed by atoms with van der Waals surface area (Å²) in [6, 6.07) is 2.61. The normalized spacial score (nSPS) is 30.0. The van der Waals surface area contributed by atoms with Gasteiger partial charge in [0.1, 0.15) is 0 Å². The van der Waals surface area contributed by atoms with Crippen LogP contribution in [0.15, 0.2) is 0 Å². The first-order chi connectivity index (χ1) is 8.31. The third kappa shape index (κ3) is 4.26. The lowest BCUT2D eigenvalue weighted by atomic mass is 10.1. The maximum absolute atomic E-state index is 3.60. The van der Waals surface area contributed by atoms with E-state index < -0.39 is 0 Å². The topological polar surface area (TPSA) is 15.3 Å². The molecule has 0 aromatic rings. The average Bonchev–Trinajstić information content (AvgIpc) is 3.08. The Balaban J connectivity index is 1.50. The lowest BCUT2D eigenvalue weighted by Crippen LogP contribution is -2.35. The van der Waals surface area contributed by atoms with Crippen LogP contribution in [0, 0.1) is 0 Å². The third-order valence-electron chi connectivity index (χ3n) is 4.53. The Bertz CT molecular complexity index is 213. The van der Waals surface area contributed by atoms with Crippen LogP contribution in [0.3, 0.4) is 0 Å². The van der Waals surface area contributed by atoms with E-state index in [0.29, 0.717) is 0 Å². The second-order valence-electron chi connectivity index (χ2n) is 6.02. The van der Waals surface area contributed by atoms with E-state index >= 15 is 0 Å². The van der Waals surface area contributed by atoms with Crippen LogP contribution in [-0.4, -0.2) is 36.1 Å². The monoisotopic (exact) mass is 238 g/mol. The number of nitrogens with zero attached hydrogens (tertiary/aromatic N) is 1. The molecule has 17 heavy (non-hydrogen) atoms. The molecule has 0 amide bonds. The van der Waals surface area contributed by atoms with Gasteiger partial charge in [0.05, 0.1) is 0 Å². The minimum Gasteiger partial charge on any atom is -0.314 e. The van der Waals surface area contributed by atoms with Crippen molar-refractivity contribution in [2.45, 2.75) is 83.3 Å². The fourth-order valence-electron chi connectivity index (χ4n) is 3.16. The molecule has 2 unspecified atom stereocenters. The second-order valence-corrected chi connectivity index (χ2v) is 6.02. The van der Waals surface area contributed by atoms with E-state index in [1.807, 2.05) is 0 Å². The number of rotatable bonds is 8. The zero-order valence-corrected chi connectivity index (χ0v) is 11.8. The van der Waals surface area contributed by atoms with Crippen molar-refractivity contribution in [2.24, 2.45) is 0 Å². The van der Waals surface area contributed by atoms with Crippen LogP contribution >= 0.6 is 0 Å². The third-order valence-corrected chi connectivity index (χ3v) is 4.53. The summed E-state index contributed by atoms with van der Waals surface area (Å²) in [6.45, 7) is 7.33. The average molecular weight is 238 g/mol. The fraction of sp³-hybridized carbons (Fsp3) is 1.00. The Morgan fingerprint density at radius 1 is 1.06 bits per heavy atom. The van der Waals surface area contributed by atoms with E-state index in [4.69, 9.17) is 0 Å². The van der Waals surface area contributed by atoms with Gasteiger partial charge in [0.2, 0.25) is 0 Å². The molecule has 2 nitrogen and oxygen atoms in total. The van der Waals surface area contributed by atoms with Gasteiger partial charge < -0.3 is 5.32 Å². The fourth-order valence-corrected chi connectivity index (χ4v) is 3.16. The van der Waals surface area contributed by atoms with E-state index in [1.54, 1.807) is 0 Å². The van der Waals surface area contributed by atoms with Crippen molar-refractivity contribution >= 4 is 0 Å². The predicted octanol–water partition coefficient (Wildman–Crippen LogP) is 3.17. The number of unbranched alkanes of at least 4 members (excludes halogenated alkanes) is 2. The Morgan fingerprint density at radius 2 is 1.88 bits per heavy atom. The van der Waals surface area contributed by atoms with Gasteiger partial charge in [-0.1, -0.05) is 13.3 Å². The van der Waals surface area contributed by atoms with Crippen LogP contribution in [0.5, 0.6) is 0 Å². The summed E-state index contributed by atoms with van der Waals surface area (Å²) in [5.41, 5.74) is 0. The molecule has 2 heteroatoms. The van der Waals surface area contributed by atoms with Crippen molar-refractivity contribution in [1.29, 1.82) is 0 Å². The molecule has 1 saturated heterocycles. The Kier molecular flexibility index (Phi) is 5.30. The summed E-state index contributed by atoms with van der Waals surface area (Å²) in [4.78, 5) is 2.76. The van der Waals surface area contributed by atoms with Gasteiger partial charge >= 0.3 is 0 Å². The van der Waals surface area contributed by atoms with Gasteiger partial charge in [0, 0.05) is 18.1 Å². The van der Waals surface area contributed by atoms with Gasteiger partial charge in [-0.25, -0.2) is 0 Å². The first-order valence-electron chi connectivity index (χ1n) is 7.80. The molecular weight excluding hydrogens is 208 g/mol. The van der Waals surface area contributed by atoms with Crippen LogP contribution in [-0.2, 0) is 0 Å². The Morgan fingerprint density at radius 3 is 2.59 bits per heavy atom. The van der Waals surface area contributed by atoms with Gasteiger partial charge in [-0.3, -0.25) is 4.90 Å². The molecule has 0 bridgehead atoms. The molecule has 0 aromatic carbocycles. The van der Waals surface area contributed by atoms with E-state index in [-0.39, 0.29) is 0 Å². The van der Waals surface area contributed by atoms with Gasteiger partial charge in [-0.15, -0.1) is 0 Å². The van der Waals surface area contributed by atoms with E-state index in [0.717, 1.165) is 18.1 Å². The summed E-state index contributed by atoms with van der Waals surface area (Å²) in [5, 5.41) is 3.60. The van der Waals surface area contributed by atoms with E-state index in [2.05, 4.69) is 24.1 Å². The summed E-state index contributed by atoms with van der Waals surface area (Å²) >= 11 is 0. The molecule has 0 spiro atoms. The molecule has 1 heterocycles. The first-order valence-corrected chi connectivity index (χ1v) is 7.80. The Labute approximate surface area is 107 Å². The van der Waals surface area contributed by atoms with Crippen molar-refractivity contribution in [3.8, 4) is 0 Å². The van der Waals surface area contributed by atoms with Crippen LogP contribution in [0.25, 0.3) is 0 Å². The first kappa shape index (κ1) is 13.4. The molecule has 1 aliphatic heterocycles. The molecule has 2 fully saturated rings. The van der Waals surface area contributed by atoms with Crippen molar-refractivity contribution in [3.63, 3.8) is 0 Å². The molecule has 1 N–H and O–H groups in total. The quantitative estimate of drug-likeness (QED) is 0.653. The lowest BCUT2D eigenvalue weighted by Gasteiger charge is -2.27. The van der Waals surface area contributed by atoms with Crippen LogP contribution in [0.1, 0.15) is 65.2 Å². The molecule has 2 rings (SSSR count). The predicted molar refractivity (Wildman–Crippen MR) is 74.4 cm³/mol. The molecule has 1 aliphatic carbocycles. The zero-order valence-electron chi connectivity index (χ0n) is 11.8. The molecule has 100 valence electrons. The number of nitrogens with one attached hydrogen (secondary N) is 1. The van der Waals surface area contributed by atoms with Crippen LogP contribution in [0.2, 0.25) is 0 Å². The SMILES string of the molecule is CCC1CCC(C)N1CCCCCNC1CC1. The van der Waals surface area contributed by atoms with Gasteiger partial charge in [0.25, 0.3) is 0 Å². The number of hydrogen-bond acceptors (Lipinski definition) is 2. The van der Waals surface area contributed by atoms with E-state index in [1.165, 1.54) is 64.5 Å². The van der Waals surface area contributed by atoms with Crippen molar-refractivity contribution in [1.82, 2.24) is 10.2 Å². The number of hydrogen-bond donors (Lipinski definition) is 1. The molecular formula is C15H30N2. The minimum absolute atomic E-state index is 0.838. The molecule has 1 saturated carbocycles. The zero-order chi connectivity index (χ0) is 12.1. The smallest absolute Gasteiger partial charge is 0.00960 e. The van der Waals surface area contributed by atoms with Gasteiger partial charge in [-0.05, 0) is 65.0 Å². The van der Waals surface area contributed by atoms with E-state index in [9.17, 15) is 0 Å². The van der Waals surface area contributed by atoms with Gasteiger partial charge in [0.15, 0.2) is 0 Å². The molecule has 2 aliphatic rings. The lowest BCUT2D eigenvalue weighted by molar-refractivity contribution is 0.194. The standard InChI is InChI=1S/C15H30N2/c1-3-15-10-7-13(2)17(15)12-6-4-5-11-16-14-8-9-14/h13-16H,3-12H2,1-2H3. The van der Waals surface area contributed by atoms with Crippen LogP contribution < -0.4 is 5.32 Å². The summed E-state index contributed by atoms with van der Waals surface area (Å²) in [5.74, 6) is 0. The summed E-state index contributed by atoms with van der Waals surface area (Å²) in [7, 11) is 0. The minimum atomic E-state index is 0.838. The highest BCUT2D eigenvalue weighted by molar-refractivity contribution is 4.84. The highest BCUT2D eigenvalue weighted by atomic mass is 15.2. The Hall–Kier alpha value is -0.0800. The molecule has 0 aromatic heterocycles. The highest BCUT2D eigenvalue weighted by Crippen LogP contribution is 2.26. The maximum Gasteiger partial charge on any atom is 0.00960 e. The molecule has 2 atom stereocenters. The van der Waals surface area contributed by atoms with Crippen molar-refractivity contribution in [3.05, 3.63) is 0 Å². The van der Waals surface area contributed by atoms with Crippen molar-refractivity contribution in [2.75, 3.05) is 13.1 Å². The summed E-state index contributed by atoms with van der Waals surface area (Å²) < 4.78 is 0. The summed E-state index contributed by atoms with van der Waals surface area (Å²) in [6.07, 6.45) is 11.2. The largest absolute Gasteiger partial charge is 0.314 e. The highest BCUT2D eigenvalue weighted by Gasteiger charge is 2.28. The van der Waals surface area contributed by atoms with Crippen molar-refractivity contribution < 1.29 is 0 Å². The van der Waals surface area contributed by atoms with Gasteiger partial charge in [-0.2, -0.15) is 0 Å². The molecule has 0 radical (unpaired) electrons. The maximum atomic E-state index is 3.60. The number of likely N-dealkylation sites (tertiary alicyclic amines) is 1. The second kappa shape index (κ2) is 6.75.